The van der Waals surface area contributed by atoms with Crippen LogP contribution in [0.25, 0.3) is 0 Å². The number of hydrogen-bond donors (Lipinski definition) is 0. The molecule has 7 heteroatoms. The van der Waals surface area contributed by atoms with Crippen molar-refractivity contribution < 1.29 is 27.8 Å². The summed E-state index contributed by atoms with van der Waals surface area (Å²) in [5.74, 6) is 2.31. The van der Waals surface area contributed by atoms with E-state index in [-0.39, 0.29) is 34.0 Å². The molecule has 2 aromatic rings. The maximum Gasteiger partial charge on any atom is 0.349 e. The predicted octanol–water partition coefficient (Wildman–Crippen LogP) is 8.33. The summed E-state index contributed by atoms with van der Waals surface area (Å²) in [6, 6.07) is 20.8. The minimum absolute atomic E-state index is 0.143. The molecule has 6 aliphatic rings. The molecule has 4 bridgehead atoms. The fourth-order valence-corrected chi connectivity index (χ4v) is 14.9. The zero-order valence-electron chi connectivity index (χ0n) is 28.2. The highest BCUT2D eigenvalue weighted by Crippen LogP contribution is 2.59. The van der Waals surface area contributed by atoms with Crippen LogP contribution in [-0.4, -0.2) is 51.5 Å². The Morgan fingerprint density at radius 2 is 1.20 bits per heavy atom. The Kier molecular flexibility index (Phi) is 8.63. The molecule has 6 nitrogen and oxygen atoms in total. The van der Waals surface area contributed by atoms with Crippen molar-refractivity contribution in [3.63, 3.8) is 0 Å². The van der Waals surface area contributed by atoms with Gasteiger partial charge < -0.3 is 27.8 Å². The van der Waals surface area contributed by atoms with E-state index in [1.165, 1.54) is 19.3 Å². The zero-order valence-corrected chi connectivity index (χ0v) is 29.2. The smallest absolute Gasteiger partial charge is 0.349 e. The average Bonchev–Trinajstić information content (AvgIpc) is 2.98. The number of ether oxygens (including phenoxy) is 4. The van der Waals surface area contributed by atoms with Gasteiger partial charge in [-0.15, -0.1) is 0 Å². The average molecular weight is 635 g/mol. The normalized spacial score (nSPS) is 37.4. The molecule has 246 valence electrons. The zero-order chi connectivity index (χ0) is 31.5. The minimum atomic E-state index is -2.81. The van der Waals surface area contributed by atoms with Crippen molar-refractivity contribution in [2.45, 2.75) is 140 Å². The third-order valence-corrected chi connectivity index (χ3v) is 16.4. The largest absolute Gasteiger partial charge is 0.391 e. The molecule has 0 unspecified atom stereocenters. The summed E-state index contributed by atoms with van der Waals surface area (Å²) in [5, 5.41) is -0.319. The van der Waals surface area contributed by atoms with Crippen molar-refractivity contribution >= 4 is 8.56 Å². The van der Waals surface area contributed by atoms with Crippen LogP contribution in [0.4, 0.5) is 0 Å². The summed E-state index contributed by atoms with van der Waals surface area (Å²) in [4.78, 5) is 0. The first kappa shape index (κ1) is 32.0. The van der Waals surface area contributed by atoms with Gasteiger partial charge in [0.1, 0.15) is 24.4 Å². The van der Waals surface area contributed by atoms with E-state index >= 15 is 0 Å². The molecule has 0 amide bonds. The molecule has 4 saturated carbocycles. The first-order valence-corrected chi connectivity index (χ1v) is 19.2. The van der Waals surface area contributed by atoms with Crippen molar-refractivity contribution in [2.24, 2.45) is 17.8 Å². The molecule has 0 aromatic heterocycles. The topological polar surface area (TPSA) is 55.4 Å². The van der Waals surface area contributed by atoms with E-state index in [1.807, 2.05) is 12.1 Å². The Balaban J connectivity index is 1.24. The van der Waals surface area contributed by atoms with Gasteiger partial charge in [0.05, 0.1) is 25.4 Å². The Morgan fingerprint density at radius 1 is 0.711 bits per heavy atom. The second-order valence-electron chi connectivity index (χ2n) is 16.8. The molecule has 0 spiro atoms. The monoisotopic (exact) mass is 634 g/mol. The van der Waals surface area contributed by atoms with Gasteiger partial charge in [0.25, 0.3) is 0 Å². The van der Waals surface area contributed by atoms with E-state index in [9.17, 15) is 0 Å². The summed E-state index contributed by atoms with van der Waals surface area (Å²) in [6.07, 6.45) is 5.46. The van der Waals surface area contributed by atoms with Crippen LogP contribution in [0, 0.1) is 17.8 Å². The van der Waals surface area contributed by atoms with Gasteiger partial charge in [-0.05, 0) is 67.4 Å². The molecule has 2 aliphatic heterocycles. The van der Waals surface area contributed by atoms with Crippen LogP contribution in [0.15, 0.2) is 60.7 Å². The van der Waals surface area contributed by atoms with Crippen molar-refractivity contribution in [2.75, 3.05) is 6.61 Å². The number of benzene rings is 2. The highest BCUT2D eigenvalue weighted by molar-refractivity contribution is 6.73. The summed E-state index contributed by atoms with van der Waals surface area (Å²) in [5.41, 5.74) is 2.11. The lowest BCUT2D eigenvalue weighted by atomic mass is 9.54. The lowest BCUT2D eigenvalue weighted by Crippen LogP contribution is -2.72. The quantitative estimate of drug-likeness (QED) is 0.272. The molecule has 2 heterocycles. The van der Waals surface area contributed by atoms with E-state index in [0.29, 0.717) is 19.8 Å². The molecular weight excluding hydrogens is 580 g/mol. The third kappa shape index (κ3) is 6.24. The summed E-state index contributed by atoms with van der Waals surface area (Å²) in [6.45, 7) is 15.0. The SMILES string of the molecule is CC(C)(C)[Si]1(C(C)(C)C)OC[C@H]2O[C@H](OC34CC5CC(CC(C5)C3)C4)[C@H](OCc3ccccc3)[C@@H](OCc3ccccc3)[C@@H]2O1. The van der Waals surface area contributed by atoms with Crippen molar-refractivity contribution in [1.82, 2.24) is 0 Å². The van der Waals surface area contributed by atoms with E-state index < -0.39 is 21.0 Å². The van der Waals surface area contributed by atoms with Crippen molar-refractivity contribution in [3.8, 4) is 0 Å². The lowest BCUT2D eigenvalue weighted by Gasteiger charge is -2.60. The number of fused-ring (bicyclic) bond motifs is 1. The van der Waals surface area contributed by atoms with Gasteiger partial charge >= 0.3 is 8.56 Å². The van der Waals surface area contributed by atoms with Crippen LogP contribution in [0.5, 0.6) is 0 Å². The molecular formula is C38H54O6Si. The molecule has 2 saturated heterocycles. The second-order valence-corrected chi connectivity index (χ2v) is 21.6. The molecule has 2 aromatic carbocycles. The summed E-state index contributed by atoms with van der Waals surface area (Å²) < 4.78 is 42.4. The van der Waals surface area contributed by atoms with E-state index in [1.54, 1.807) is 0 Å². The standard InChI is InChI=1S/C38H54O6Si/c1-36(2,3)45(37(4,5)6)41-25-31-32(44-45)33(39-23-26-13-9-7-10-14-26)34(40-24-27-15-11-8-12-16-27)35(42-31)43-38-20-28-17-29(21-38)19-30(18-28)22-38/h7-16,28-35H,17-25H2,1-6H3/t28?,29?,30?,31-,32-,33+,34-,35-,38?/m1/s1. The van der Waals surface area contributed by atoms with Gasteiger partial charge in [-0.2, -0.15) is 0 Å². The highest BCUT2D eigenvalue weighted by atomic mass is 28.4. The maximum absolute atomic E-state index is 7.36. The van der Waals surface area contributed by atoms with E-state index in [2.05, 4.69) is 90.1 Å². The Morgan fingerprint density at radius 3 is 1.69 bits per heavy atom. The second kappa shape index (κ2) is 12.1. The van der Waals surface area contributed by atoms with Gasteiger partial charge in [-0.1, -0.05) is 102 Å². The fourth-order valence-electron chi connectivity index (χ4n) is 9.91. The first-order valence-electron chi connectivity index (χ1n) is 17.4. The van der Waals surface area contributed by atoms with Crippen LogP contribution >= 0.6 is 0 Å². The molecule has 5 atom stereocenters. The van der Waals surface area contributed by atoms with Gasteiger partial charge in [0.2, 0.25) is 0 Å². The molecule has 0 N–H and O–H groups in total. The van der Waals surface area contributed by atoms with Crippen molar-refractivity contribution in [3.05, 3.63) is 71.8 Å². The van der Waals surface area contributed by atoms with Crippen LogP contribution in [0.1, 0.15) is 91.2 Å². The van der Waals surface area contributed by atoms with Crippen molar-refractivity contribution in [1.29, 1.82) is 0 Å². The first-order chi connectivity index (χ1) is 21.4. The fraction of sp³-hybridized carbons (Fsp3) is 0.684. The van der Waals surface area contributed by atoms with Gasteiger partial charge in [-0.3, -0.25) is 0 Å². The van der Waals surface area contributed by atoms with Crippen LogP contribution < -0.4 is 0 Å². The minimum Gasteiger partial charge on any atom is -0.391 e. The van der Waals surface area contributed by atoms with E-state index in [4.69, 9.17) is 27.8 Å². The summed E-state index contributed by atoms with van der Waals surface area (Å²) >= 11 is 0. The Bertz CT molecular complexity index is 1240. The molecule has 45 heavy (non-hydrogen) atoms. The molecule has 8 rings (SSSR count). The molecule has 6 fully saturated rings. The third-order valence-electron chi connectivity index (χ3n) is 11.2. The number of rotatable bonds is 8. The van der Waals surface area contributed by atoms with Gasteiger partial charge in [0.15, 0.2) is 6.29 Å². The van der Waals surface area contributed by atoms with Gasteiger partial charge in [-0.25, -0.2) is 0 Å². The van der Waals surface area contributed by atoms with Crippen LogP contribution in [-0.2, 0) is 41.0 Å². The van der Waals surface area contributed by atoms with E-state index in [0.717, 1.165) is 48.1 Å². The highest BCUT2D eigenvalue weighted by Gasteiger charge is 2.66. The maximum atomic E-state index is 7.36. The summed E-state index contributed by atoms with van der Waals surface area (Å²) in [7, 11) is -2.81. The van der Waals surface area contributed by atoms with Crippen LogP contribution in [0.2, 0.25) is 10.1 Å². The Hall–Kier alpha value is -1.58. The number of hydrogen-bond acceptors (Lipinski definition) is 6. The Labute approximate surface area is 271 Å². The lowest BCUT2D eigenvalue weighted by molar-refractivity contribution is -0.358. The molecule has 0 radical (unpaired) electrons. The van der Waals surface area contributed by atoms with Gasteiger partial charge in [0, 0.05) is 10.1 Å². The molecule has 4 aliphatic carbocycles. The van der Waals surface area contributed by atoms with Crippen LogP contribution in [0.3, 0.4) is 0 Å². The predicted molar refractivity (Wildman–Crippen MR) is 177 cm³/mol.